The van der Waals surface area contributed by atoms with E-state index in [1.807, 2.05) is 0 Å². The molecule has 0 rings (SSSR count). The molecule has 0 unspecified atom stereocenters. The van der Waals surface area contributed by atoms with Gasteiger partial charge in [0.05, 0.1) is 0 Å². The first-order valence-electron chi connectivity index (χ1n) is 1.69. The first kappa shape index (κ1) is 16.3. The van der Waals surface area contributed by atoms with Crippen LogP contribution in [0.2, 0.25) is 0 Å². The highest BCUT2D eigenvalue weighted by Gasteiger charge is 1.86. The molecule has 0 amide bonds. The summed E-state index contributed by atoms with van der Waals surface area (Å²) in [7, 11) is 0. The number of hydrogen-bond acceptors (Lipinski definition) is 7. The number of halogens is 1. The van der Waals surface area contributed by atoms with Crippen LogP contribution >= 0.6 is 0 Å². The summed E-state index contributed by atoms with van der Waals surface area (Å²) in [6.07, 6.45) is 1.25. The topological polar surface area (TPSA) is 164 Å². The molecule has 0 radical (unpaired) electrons. The maximum Gasteiger partial charge on any atom is 0.433 e. The zero-order valence-corrected chi connectivity index (χ0v) is 6.65. The lowest BCUT2D eigenvalue weighted by Crippen LogP contribution is -2.30. The molecule has 0 bridgehead atoms. The van der Waals surface area contributed by atoms with Gasteiger partial charge in [-0.25, -0.2) is 0 Å². The third-order valence-corrected chi connectivity index (χ3v) is 0.0500. The van der Waals surface area contributed by atoms with Crippen molar-refractivity contribution in [2.75, 3.05) is 0 Å². The Labute approximate surface area is 67.9 Å². The Balaban J connectivity index is -0.0000000886. The van der Waals surface area contributed by atoms with Gasteiger partial charge in [-0.05, 0) is 4.20 Å². The molecule has 0 aromatic carbocycles. The minimum absolute atomic E-state index is 1.24. The highest BCUT2D eigenvalue weighted by molar-refractivity contribution is 4.99. The van der Waals surface area contributed by atoms with Gasteiger partial charge in [-0.3, -0.25) is 0 Å². The van der Waals surface area contributed by atoms with Crippen LogP contribution < -0.4 is 14.1 Å². The largest absolute Gasteiger partial charge is 0.433 e. The molecular formula is C3H3BrN4O3. The summed E-state index contributed by atoms with van der Waals surface area (Å²) in [5.74, 6) is 0. The number of hydrogen-bond donors (Lipinski definition) is 2. The van der Waals surface area contributed by atoms with Crippen molar-refractivity contribution >= 4 is 0 Å². The summed E-state index contributed by atoms with van der Waals surface area (Å²) < 4.78 is 24.3. The number of nitrogens with two attached hydrogens (primary N) is 1. The minimum atomic E-state index is -3.40. The normalized spacial score (nSPS) is 4.82. The van der Waals surface area contributed by atoms with Crippen LogP contribution in [0.1, 0.15) is 0 Å². The van der Waals surface area contributed by atoms with Crippen LogP contribution in [-0.2, 0) is 0 Å². The SMILES string of the molecule is N#CC#N.N#CN.[O-][Br+2]([O-])O. The van der Waals surface area contributed by atoms with Gasteiger partial charge < -0.3 is 14.1 Å². The van der Waals surface area contributed by atoms with Gasteiger partial charge in [0, 0.05) is 0 Å². The van der Waals surface area contributed by atoms with Crippen molar-refractivity contribution in [3.8, 4) is 18.3 Å². The Kier molecular flexibility index (Phi) is 34.8. The van der Waals surface area contributed by atoms with E-state index < -0.39 is 14.8 Å². The number of rotatable bonds is 0. The second-order valence-electron chi connectivity index (χ2n) is 0.554. The quantitative estimate of drug-likeness (QED) is 0.318. The van der Waals surface area contributed by atoms with Crippen LogP contribution in [0.3, 0.4) is 0 Å². The van der Waals surface area contributed by atoms with Crippen molar-refractivity contribution in [3.05, 3.63) is 0 Å². The fourth-order valence-electron chi connectivity index (χ4n) is 0. The van der Waals surface area contributed by atoms with Gasteiger partial charge in [-0.1, -0.05) is 0 Å². The van der Waals surface area contributed by atoms with Gasteiger partial charge in [0.1, 0.15) is 0 Å². The van der Waals surface area contributed by atoms with Crippen LogP contribution in [0.4, 0.5) is 0 Å². The second-order valence-corrected chi connectivity index (χ2v) is 1.40. The molecule has 0 atom stereocenters. The van der Waals surface area contributed by atoms with Crippen LogP contribution in [0.25, 0.3) is 0 Å². The van der Waals surface area contributed by atoms with E-state index in [4.69, 9.17) is 28.4 Å². The van der Waals surface area contributed by atoms with Crippen molar-refractivity contribution in [1.82, 2.24) is 0 Å². The van der Waals surface area contributed by atoms with E-state index in [1.165, 1.54) is 18.3 Å². The molecule has 0 spiro atoms. The third-order valence-electron chi connectivity index (χ3n) is 0.0500. The molecule has 3 N–H and O–H groups in total. The summed E-state index contributed by atoms with van der Waals surface area (Å²) in [6, 6.07) is 2.47. The van der Waals surface area contributed by atoms with E-state index >= 15 is 0 Å². The summed E-state index contributed by atoms with van der Waals surface area (Å²) >= 11 is -3.40. The standard InChI is InChI=1S/C2N2.CH2N2.BrHO3/c3-1-2-4;2-1-3;2-1(3)4/h;2H2;2H. The summed E-state index contributed by atoms with van der Waals surface area (Å²) in [5.41, 5.74) is 4.15. The fourth-order valence-corrected chi connectivity index (χ4v) is 0. The lowest BCUT2D eigenvalue weighted by molar-refractivity contribution is -1.63. The Morgan fingerprint density at radius 2 is 1.27 bits per heavy atom. The van der Waals surface area contributed by atoms with E-state index in [1.54, 1.807) is 0 Å². The maximum atomic E-state index is 8.63. The molecule has 60 valence electrons. The van der Waals surface area contributed by atoms with Gasteiger partial charge in [0.15, 0.2) is 18.3 Å². The Morgan fingerprint density at radius 1 is 1.18 bits per heavy atom. The van der Waals surface area contributed by atoms with E-state index in [2.05, 4.69) is 5.73 Å². The highest BCUT2D eigenvalue weighted by Crippen LogP contribution is 1.38. The average Bonchev–Trinajstić information content (AvgIpc) is 1.88. The predicted molar refractivity (Wildman–Crippen MR) is 23.2 cm³/mol. The summed E-state index contributed by atoms with van der Waals surface area (Å²) in [6.45, 7) is 0. The second kappa shape index (κ2) is 23.4. The molecule has 0 saturated heterocycles. The summed E-state index contributed by atoms with van der Waals surface area (Å²) in [5, 5.41) is 21.6. The van der Waals surface area contributed by atoms with Gasteiger partial charge in [0.2, 0.25) is 0 Å². The molecule has 0 aliphatic heterocycles. The van der Waals surface area contributed by atoms with Gasteiger partial charge in [0.25, 0.3) is 0 Å². The van der Waals surface area contributed by atoms with Crippen molar-refractivity contribution in [2.45, 2.75) is 0 Å². The molecule has 0 aliphatic carbocycles. The van der Waals surface area contributed by atoms with E-state index in [-0.39, 0.29) is 0 Å². The first-order chi connectivity index (χ1) is 5.06. The number of nitrogens with zero attached hydrogens (tertiary/aromatic N) is 3. The van der Waals surface area contributed by atoms with Gasteiger partial charge in [-0.15, -0.1) is 0 Å². The van der Waals surface area contributed by atoms with Crippen LogP contribution in [0.5, 0.6) is 0 Å². The van der Waals surface area contributed by atoms with Gasteiger partial charge >= 0.3 is 14.8 Å². The molecule has 0 aromatic heterocycles. The van der Waals surface area contributed by atoms with Crippen LogP contribution in [0, 0.1) is 48.9 Å². The average molecular weight is 223 g/mol. The monoisotopic (exact) mass is 222 g/mol. The lowest BCUT2D eigenvalue weighted by atomic mass is 10.9. The fraction of sp³-hybridized carbons (Fsp3) is 0. The van der Waals surface area contributed by atoms with Crippen molar-refractivity contribution in [2.24, 2.45) is 5.73 Å². The van der Waals surface area contributed by atoms with E-state index in [9.17, 15) is 0 Å². The minimum Gasteiger partial charge on any atom is -0.372 e. The molecule has 0 saturated carbocycles. The van der Waals surface area contributed by atoms with Crippen LogP contribution in [0.15, 0.2) is 0 Å². The van der Waals surface area contributed by atoms with E-state index in [0.29, 0.717) is 0 Å². The molecule has 11 heavy (non-hydrogen) atoms. The molecule has 8 heteroatoms. The lowest BCUT2D eigenvalue weighted by Gasteiger charge is -1.69. The zero-order chi connectivity index (χ0) is 9.70. The summed E-state index contributed by atoms with van der Waals surface area (Å²) in [4.78, 5) is 0. The Morgan fingerprint density at radius 3 is 1.27 bits per heavy atom. The molecule has 0 fully saturated rings. The van der Waals surface area contributed by atoms with E-state index in [0.717, 1.165) is 0 Å². The smallest absolute Gasteiger partial charge is 0.372 e. The molecule has 7 nitrogen and oxygen atoms in total. The van der Waals surface area contributed by atoms with Crippen molar-refractivity contribution in [1.29, 1.82) is 15.8 Å². The highest BCUT2D eigenvalue weighted by atomic mass is 80.0. The Hall–Kier alpha value is -1.37. The predicted octanol–water partition coefficient (Wildman–Crippen LogP) is -3.48. The first-order valence-corrected chi connectivity index (χ1v) is 3.69. The zero-order valence-electron chi connectivity index (χ0n) is 5.06. The molecule has 0 aromatic rings. The van der Waals surface area contributed by atoms with Crippen molar-refractivity contribution in [3.63, 3.8) is 0 Å². The molecular weight excluding hydrogens is 220 g/mol. The molecule has 0 heterocycles. The molecule has 0 aliphatic rings. The number of nitriles is 3. The van der Waals surface area contributed by atoms with Gasteiger partial charge in [-0.2, -0.15) is 15.8 Å². The van der Waals surface area contributed by atoms with Crippen molar-refractivity contribution < 1.29 is 27.4 Å². The van der Waals surface area contributed by atoms with Crippen LogP contribution in [-0.4, -0.2) is 4.20 Å². The maximum absolute atomic E-state index is 8.63. The Bertz CT molecular complexity index is 160. The third kappa shape index (κ3) is 2770.